The van der Waals surface area contributed by atoms with Crippen molar-refractivity contribution in [2.24, 2.45) is 0 Å². The number of carbonyl (C=O) groups is 2. The summed E-state index contributed by atoms with van der Waals surface area (Å²) in [5, 5.41) is 2.37. The Bertz CT molecular complexity index is 776. The lowest BCUT2D eigenvalue weighted by Crippen LogP contribution is -2.32. The summed E-state index contributed by atoms with van der Waals surface area (Å²) in [5.74, 6) is -1.29. The number of rotatable bonds is 6. The number of hydrogen-bond acceptors (Lipinski definition) is 4. The standard InChI is InChI=1S/C19H20FNO4/c1-12-8-9-17(13(2)10-12)24-11-18(22)25-14(3)19(23)21-16-7-5-4-6-15(16)20/h4-10,14H,11H2,1-3H3,(H,21,23)/t14-/m0/s1. The van der Waals surface area contributed by atoms with Gasteiger partial charge in [0, 0.05) is 0 Å². The molecule has 2 aromatic carbocycles. The van der Waals surface area contributed by atoms with Crippen molar-refractivity contribution in [2.75, 3.05) is 11.9 Å². The Kier molecular flexibility index (Phi) is 6.11. The average Bonchev–Trinajstić information content (AvgIpc) is 2.56. The van der Waals surface area contributed by atoms with Crippen LogP contribution in [0, 0.1) is 19.7 Å². The minimum absolute atomic E-state index is 0.0296. The van der Waals surface area contributed by atoms with E-state index in [-0.39, 0.29) is 12.3 Å². The Morgan fingerprint density at radius 1 is 1.16 bits per heavy atom. The number of benzene rings is 2. The zero-order chi connectivity index (χ0) is 18.4. The predicted molar refractivity (Wildman–Crippen MR) is 92.0 cm³/mol. The molecule has 0 aliphatic rings. The van der Waals surface area contributed by atoms with Gasteiger partial charge in [-0.3, -0.25) is 4.79 Å². The molecule has 0 saturated heterocycles. The van der Waals surface area contributed by atoms with Crippen LogP contribution in [0.3, 0.4) is 0 Å². The number of aryl methyl sites for hydroxylation is 2. The average molecular weight is 345 g/mol. The van der Waals surface area contributed by atoms with Crippen LogP contribution in [0.4, 0.5) is 10.1 Å². The first-order valence-electron chi connectivity index (χ1n) is 7.81. The summed E-state index contributed by atoms with van der Waals surface area (Å²) >= 11 is 0. The summed E-state index contributed by atoms with van der Waals surface area (Å²) in [7, 11) is 0. The van der Waals surface area contributed by atoms with Gasteiger partial charge >= 0.3 is 5.97 Å². The summed E-state index contributed by atoms with van der Waals surface area (Å²) < 4.78 is 23.9. The molecule has 0 bridgehead atoms. The molecule has 1 amide bonds. The van der Waals surface area contributed by atoms with Crippen molar-refractivity contribution in [1.29, 1.82) is 0 Å². The number of amides is 1. The number of hydrogen-bond donors (Lipinski definition) is 1. The zero-order valence-electron chi connectivity index (χ0n) is 14.3. The maximum atomic E-state index is 13.5. The topological polar surface area (TPSA) is 64.6 Å². The minimum Gasteiger partial charge on any atom is -0.482 e. The van der Waals surface area contributed by atoms with Gasteiger partial charge in [0.1, 0.15) is 11.6 Å². The van der Waals surface area contributed by atoms with Crippen LogP contribution in [0.15, 0.2) is 42.5 Å². The van der Waals surface area contributed by atoms with Gasteiger partial charge in [-0.05, 0) is 44.5 Å². The van der Waals surface area contributed by atoms with Crippen LogP contribution in [-0.2, 0) is 14.3 Å². The second-order valence-electron chi connectivity index (χ2n) is 5.66. The molecule has 0 heterocycles. The Balaban J connectivity index is 1.85. The summed E-state index contributed by atoms with van der Waals surface area (Å²) in [6.07, 6.45) is -1.07. The second kappa shape index (κ2) is 8.28. The molecule has 0 aromatic heterocycles. The van der Waals surface area contributed by atoms with E-state index in [2.05, 4.69) is 5.32 Å². The van der Waals surface area contributed by atoms with Gasteiger partial charge in [0.2, 0.25) is 0 Å². The zero-order valence-corrected chi connectivity index (χ0v) is 14.3. The summed E-state index contributed by atoms with van der Waals surface area (Å²) in [4.78, 5) is 23.8. The highest BCUT2D eigenvalue weighted by molar-refractivity contribution is 5.95. The second-order valence-corrected chi connectivity index (χ2v) is 5.66. The molecule has 0 saturated carbocycles. The van der Waals surface area contributed by atoms with Crippen molar-refractivity contribution in [3.8, 4) is 5.75 Å². The molecule has 0 fully saturated rings. The van der Waals surface area contributed by atoms with E-state index in [0.29, 0.717) is 5.75 Å². The van der Waals surface area contributed by atoms with Crippen molar-refractivity contribution in [3.05, 3.63) is 59.4 Å². The lowest BCUT2D eigenvalue weighted by Gasteiger charge is -2.14. The fourth-order valence-corrected chi connectivity index (χ4v) is 2.18. The maximum Gasteiger partial charge on any atom is 0.344 e. The molecule has 2 rings (SSSR count). The first kappa shape index (κ1) is 18.4. The lowest BCUT2D eigenvalue weighted by molar-refractivity contribution is -0.155. The van der Waals surface area contributed by atoms with Crippen LogP contribution in [0.2, 0.25) is 0 Å². The van der Waals surface area contributed by atoms with Crippen molar-refractivity contribution < 1.29 is 23.5 Å². The molecule has 0 spiro atoms. The molecule has 0 aliphatic heterocycles. The SMILES string of the molecule is Cc1ccc(OCC(=O)O[C@@H](C)C(=O)Nc2ccccc2F)c(C)c1. The van der Waals surface area contributed by atoms with E-state index in [4.69, 9.17) is 9.47 Å². The van der Waals surface area contributed by atoms with Gasteiger partial charge in [-0.15, -0.1) is 0 Å². The number of ether oxygens (including phenoxy) is 2. The Labute approximate surface area is 145 Å². The maximum absolute atomic E-state index is 13.5. The van der Waals surface area contributed by atoms with E-state index in [1.165, 1.54) is 25.1 Å². The van der Waals surface area contributed by atoms with Crippen LogP contribution in [0.25, 0.3) is 0 Å². The van der Waals surface area contributed by atoms with E-state index in [0.717, 1.165) is 11.1 Å². The third-order valence-corrected chi connectivity index (χ3v) is 3.49. The smallest absolute Gasteiger partial charge is 0.344 e. The number of anilines is 1. The van der Waals surface area contributed by atoms with Crippen LogP contribution in [0.5, 0.6) is 5.75 Å². The van der Waals surface area contributed by atoms with Crippen molar-refractivity contribution in [2.45, 2.75) is 26.9 Å². The monoisotopic (exact) mass is 345 g/mol. The van der Waals surface area contributed by atoms with E-state index in [9.17, 15) is 14.0 Å². The van der Waals surface area contributed by atoms with Crippen LogP contribution in [0.1, 0.15) is 18.1 Å². The van der Waals surface area contributed by atoms with Gasteiger partial charge in [-0.1, -0.05) is 29.8 Å². The van der Waals surface area contributed by atoms with Gasteiger partial charge in [-0.25, -0.2) is 9.18 Å². The molecule has 1 atom stereocenters. The van der Waals surface area contributed by atoms with E-state index in [1.54, 1.807) is 12.1 Å². The summed E-state index contributed by atoms with van der Waals surface area (Å²) in [5.41, 5.74) is 2.02. The highest BCUT2D eigenvalue weighted by Crippen LogP contribution is 2.18. The van der Waals surface area contributed by atoms with Gasteiger partial charge in [0.25, 0.3) is 5.91 Å². The molecular weight excluding hydrogens is 325 g/mol. The Morgan fingerprint density at radius 3 is 2.56 bits per heavy atom. The van der Waals surface area contributed by atoms with E-state index in [1.807, 2.05) is 26.0 Å². The highest BCUT2D eigenvalue weighted by atomic mass is 19.1. The molecule has 5 nitrogen and oxygen atoms in total. The Morgan fingerprint density at radius 2 is 1.88 bits per heavy atom. The molecular formula is C19H20FNO4. The quantitative estimate of drug-likeness (QED) is 0.815. The largest absolute Gasteiger partial charge is 0.482 e. The molecule has 0 aliphatic carbocycles. The van der Waals surface area contributed by atoms with Gasteiger partial charge in [0.05, 0.1) is 5.69 Å². The van der Waals surface area contributed by atoms with Crippen molar-refractivity contribution in [1.82, 2.24) is 0 Å². The predicted octanol–water partition coefficient (Wildman–Crippen LogP) is 3.39. The lowest BCUT2D eigenvalue weighted by atomic mass is 10.1. The molecule has 6 heteroatoms. The normalized spacial score (nSPS) is 11.5. The third kappa shape index (κ3) is 5.31. The molecule has 25 heavy (non-hydrogen) atoms. The fourth-order valence-electron chi connectivity index (χ4n) is 2.18. The Hall–Kier alpha value is -2.89. The first-order chi connectivity index (χ1) is 11.9. The molecule has 132 valence electrons. The fraction of sp³-hybridized carbons (Fsp3) is 0.263. The van der Waals surface area contributed by atoms with Crippen molar-refractivity contribution in [3.63, 3.8) is 0 Å². The van der Waals surface area contributed by atoms with Gasteiger partial charge < -0.3 is 14.8 Å². The van der Waals surface area contributed by atoms with E-state index >= 15 is 0 Å². The van der Waals surface area contributed by atoms with Crippen molar-refractivity contribution >= 4 is 17.6 Å². The molecule has 0 unspecified atom stereocenters. The number of halogens is 1. The number of nitrogens with one attached hydrogen (secondary N) is 1. The third-order valence-electron chi connectivity index (χ3n) is 3.49. The molecule has 1 N–H and O–H groups in total. The number of para-hydroxylation sites is 1. The van der Waals surface area contributed by atoms with Crippen LogP contribution >= 0.6 is 0 Å². The molecule has 2 aromatic rings. The number of esters is 1. The first-order valence-corrected chi connectivity index (χ1v) is 7.81. The summed E-state index contributed by atoms with van der Waals surface area (Å²) in [6, 6.07) is 11.3. The summed E-state index contributed by atoms with van der Waals surface area (Å²) in [6.45, 7) is 4.92. The highest BCUT2D eigenvalue weighted by Gasteiger charge is 2.19. The number of carbonyl (C=O) groups excluding carboxylic acids is 2. The van der Waals surface area contributed by atoms with Crippen LogP contribution < -0.4 is 10.1 Å². The van der Waals surface area contributed by atoms with Gasteiger partial charge in [-0.2, -0.15) is 0 Å². The minimum atomic E-state index is -1.07. The van der Waals surface area contributed by atoms with Gasteiger partial charge in [0.15, 0.2) is 12.7 Å². The van der Waals surface area contributed by atoms with Crippen LogP contribution in [-0.4, -0.2) is 24.6 Å². The van der Waals surface area contributed by atoms with E-state index < -0.39 is 23.8 Å². The molecule has 0 radical (unpaired) electrons.